The highest BCUT2D eigenvalue weighted by molar-refractivity contribution is 8.00. The number of aryl methyl sites for hydroxylation is 1. The molecule has 1 aliphatic carbocycles. The fourth-order valence-electron chi connectivity index (χ4n) is 2.86. The lowest BCUT2D eigenvalue weighted by molar-refractivity contribution is -0.120. The van der Waals surface area contributed by atoms with Gasteiger partial charge in [-0.05, 0) is 38.0 Å². The molecule has 1 aromatic heterocycles. The van der Waals surface area contributed by atoms with Gasteiger partial charge in [0.1, 0.15) is 0 Å². The first-order valence-electron chi connectivity index (χ1n) is 7.63. The zero-order valence-electron chi connectivity index (χ0n) is 12.8. The van der Waals surface area contributed by atoms with Crippen LogP contribution in [0.1, 0.15) is 32.6 Å². The molecule has 6 heteroatoms. The summed E-state index contributed by atoms with van der Waals surface area (Å²) < 4.78 is 2.01. The van der Waals surface area contributed by atoms with Gasteiger partial charge in [-0.15, -0.1) is 0 Å². The van der Waals surface area contributed by atoms with Gasteiger partial charge in [0.05, 0.1) is 16.3 Å². The Balaban J connectivity index is 1.71. The topological polar surface area (TPSA) is 46.9 Å². The van der Waals surface area contributed by atoms with Gasteiger partial charge in [0.15, 0.2) is 5.16 Å². The highest BCUT2D eigenvalue weighted by Crippen LogP contribution is 2.28. The summed E-state index contributed by atoms with van der Waals surface area (Å²) in [7, 11) is 1.97. The van der Waals surface area contributed by atoms with Gasteiger partial charge in [0, 0.05) is 18.1 Å². The van der Waals surface area contributed by atoms with Crippen LogP contribution in [0.2, 0.25) is 5.02 Å². The van der Waals surface area contributed by atoms with E-state index in [2.05, 4.69) is 10.3 Å². The van der Waals surface area contributed by atoms with Crippen LogP contribution in [0.25, 0.3) is 11.0 Å². The van der Waals surface area contributed by atoms with Gasteiger partial charge < -0.3 is 9.88 Å². The normalized spacial score (nSPS) is 17.0. The average molecular weight is 338 g/mol. The molecule has 1 aliphatic rings. The number of thioether (sulfide) groups is 1. The molecule has 1 saturated carbocycles. The molecule has 0 bridgehead atoms. The Morgan fingerprint density at radius 3 is 2.91 bits per heavy atom. The first-order valence-corrected chi connectivity index (χ1v) is 8.89. The molecule has 22 heavy (non-hydrogen) atoms. The predicted molar refractivity (Wildman–Crippen MR) is 91.4 cm³/mol. The van der Waals surface area contributed by atoms with Crippen molar-refractivity contribution in [2.45, 2.75) is 49.1 Å². The standard InChI is InChI=1S/C16H20ClN3OS/c1-10(15(21)18-12-5-3-4-6-12)22-16-19-13-9-11(17)7-8-14(13)20(16)2/h7-10,12H,3-6H2,1-2H3,(H,18,21)/t10-/m0/s1. The van der Waals surface area contributed by atoms with Gasteiger partial charge in [0.2, 0.25) is 5.91 Å². The highest BCUT2D eigenvalue weighted by atomic mass is 35.5. The maximum absolute atomic E-state index is 12.3. The monoisotopic (exact) mass is 337 g/mol. The second kappa shape index (κ2) is 6.50. The third kappa shape index (κ3) is 3.25. The number of fused-ring (bicyclic) bond motifs is 1. The summed E-state index contributed by atoms with van der Waals surface area (Å²) in [4.78, 5) is 16.9. The summed E-state index contributed by atoms with van der Waals surface area (Å²) in [6, 6.07) is 6.02. The molecule has 3 rings (SSSR count). The van der Waals surface area contributed by atoms with Crippen molar-refractivity contribution in [2.24, 2.45) is 7.05 Å². The number of hydrogen-bond donors (Lipinski definition) is 1. The van der Waals surface area contributed by atoms with E-state index < -0.39 is 0 Å². The minimum atomic E-state index is -0.161. The molecular weight excluding hydrogens is 318 g/mol. The predicted octanol–water partition coefficient (Wildman–Crippen LogP) is 3.77. The molecule has 0 unspecified atom stereocenters. The van der Waals surface area contributed by atoms with E-state index >= 15 is 0 Å². The lowest BCUT2D eigenvalue weighted by atomic mass is 10.2. The number of rotatable bonds is 4. The van der Waals surface area contributed by atoms with E-state index in [1.807, 2.05) is 36.7 Å². The quantitative estimate of drug-likeness (QED) is 0.864. The van der Waals surface area contributed by atoms with Crippen molar-refractivity contribution in [2.75, 3.05) is 0 Å². The second-order valence-corrected chi connectivity index (χ2v) is 7.58. The molecule has 2 aromatic rings. The minimum Gasteiger partial charge on any atom is -0.352 e. The van der Waals surface area contributed by atoms with Crippen LogP contribution in [0.4, 0.5) is 0 Å². The van der Waals surface area contributed by atoms with E-state index in [0.29, 0.717) is 11.1 Å². The Labute approximate surface area is 139 Å². The fraction of sp³-hybridized carbons (Fsp3) is 0.500. The number of benzene rings is 1. The molecule has 0 aliphatic heterocycles. The Hall–Kier alpha value is -1.20. The number of amides is 1. The summed E-state index contributed by atoms with van der Waals surface area (Å²) in [5, 5.41) is 4.50. The molecule has 1 atom stereocenters. The third-order valence-electron chi connectivity index (χ3n) is 4.15. The van der Waals surface area contributed by atoms with Crippen LogP contribution in [-0.4, -0.2) is 26.8 Å². The van der Waals surface area contributed by atoms with Gasteiger partial charge in [0.25, 0.3) is 0 Å². The summed E-state index contributed by atoms with van der Waals surface area (Å²) >= 11 is 7.50. The molecule has 1 N–H and O–H groups in total. The van der Waals surface area contributed by atoms with Gasteiger partial charge in [-0.25, -0.2) is 4.98 Å². The highest BCUT2D eigenvalue weighted by Gasteiger charge is 2.22. The maximum Gasteiger partial charge on any atom is 0.233 e. The van der Waals surface area contributed by atoms with Gasteiger partial charge in [-0.3, -0.25) is 4.79 Å². The van der Waals surface area contributed by atoms with Crippen LogP contribution in [0.15, 0.2) is 23.4 Å². The van der Waals surface area contributed by atoms with Crippen molar-refractivity contribution in [1.82, 2.24) is 14.9 Å². The molecular formula is C16H20ClN3OS. The van der Waals surface area contributed by atoms with Gasteiger partial charge in [-0.2, -0.15) is 0 Å². The lowest BCUT2D eigenvalue weighted by Gasteiger charge is -2.16. The van der Waals surface area contributed by atoms with Crippen LogP contribution < -0.4 is 5.32 Å². The largest absolute Gasteiger partial charge is 0.352 e. The first-order chi connectivity index (χ1) is 10.5. The first kappa shape index (κ1) is 15.7. The Morgan fingerprint density at radius 1 is 1.45 bits per heavy atom. The molecule has 0 saturated heterocycles. The van der Waals surface area contributed by atoms with E-state index in [0.717, 1.165) is 29.0 Å². The Kier molecular flexibility index (Phi) is 4.64. The van der Waals surface area contributed by atoms with E-state index in [9.17, 15) is 4.79 Å². The third-order valence-corrected chi connectivity index (χ3v) is 5.53. The van der Waals surface area contributed by atoms with E-state index in [1.165, 1.54) is 24.6 Å². The van der Waals surface area contributed by atoms with Crippen molar-refractivity contribution < 1.29 is 4.79 Å². The van der Waals surface area contributed by atoms with Crippen LogP contribution in [0.3, 0.4) is 0 Å². The van der Waals surface area contributed by atoms with E-state index in [1.54, 1.807) is 0 Å². The number of carbonyl (C=O) groups excluding carboxylic acids is 1. The molecule has 1 fully saturated rings. The summed E-state index contributed by atoms with van der Waals surface area (Å²) in [6.07, 6.45) is 4.65. The van der Waals surface area contributed by atoms with Crippen LogP contribution in [-0.2, 0) is 11.8 Å². The fourth-order valence-corrected chi connectivity index (χ4v) is 3.92. The van der Waals surface area contributed by atoms with Gasteiger partial charge in [-0.1, -0.05) is 36.2 Å². The Morgan fingerprint density at radius 2 is 2.18 bits per heavy atom. The Bertz CT molecular complexity index is 694. The molecule has 4 nitrogen and oxygen atoms in total. The number of nitrogens with one attached hydrogen (secondary N) is 1. The number of halogens is 1. The van der Waals surface area contributed by atoms with E-state index in [-0.39, 0.29) is 11.2 Å². The number of imidazole rings is 1. The number of aromatic nitrogens is 2. The molecule has 0 radical (unpaired) electrons. The van der Waals surface area contributed by atoms with Crippen LogP contribution in [0.5, 0.6) is 0 Å². The number of nitrogens with zero attached hydrogens (tertiary/aromatic N) is 2. The minimum absolute atomic E-state index is 0.0991. The number of hydrogen-bond acceptors (Lipinski definition) is 3. The zero-order chi connectivity index (χ0) is 15.7. The molecule has 118 valence electrons. The van der Waals surface area contributed by atoms with Gasteiger partial charge >= 0.3 is 0 Å². The second-order valence-electron chi connectivity index (χ2n) is 5.84. The van der Waals surface area contributed by atoms with Crippen molar-refractivity contribution in [1.29, 1.82) is 0 Å². The van der Waals surface area contributed by atoms with Crippen LogP contribution in [0, 0.1) is 0 Å². The van der Waals surface area contributed by atoms with Crippen molar-refractivity contribution >= 4 is 40.3 Å². The maximum atomic E-state index is 12.3. The smallest absolute Gasteiger partial charge is 0.233 e. The molecule has 1 amide bonds. The lowest BCUT2D eigenvalue weighted by Crippen LogP contribution is -2.37. The summed E-state index contributed by atoms with van der Waals surface area (Å²) in [5.74, 6) is 0.0991. The molecule has 1 aromatic carbocycles. The SMILES string of the molecule is C[C@H](Sc1nc2cc(Cl)ccc2n1C)C(=O)NC1CCCC1. The zero-order valence-corrected chi connectivity index (χ0v) is 14.4. The average Bonchev–Trinajstić information content (AvgIpc) is 3.08. The van der Waals surface area contributed by atoms with Crippen molar-refractivity contribution in [3.63, 3.8) is 0 Å². The van der Waals surface area contributed by atoms with Crippen LogP contribution >= 0.6 is 23.4 Å². The summed E-state index contributed by atoms with van der Waals surface area (Å²) in [6.45, 7) is 1.93. The van der Waals surface area contributed by atoms with E-state index in [4.69, 9.17) is 11.6 Å². The molecule has 1 heterocycles. The molecule has 0 spiro atoms. The summed E-state index contributed by atoms with van der Waals surface area (Å²) in [5.41, 5.74) is 1.89. The number of carbonyl (C=O) groups is 1. The van der Waals surface area contributed by atoms with Crippen molar-refractivity contribution in [3.05, 3.63) is 23.2 Å². The van der Waals surface area contributed by atoms with Crippen molar-refractivity contribution in [3.8, 4) is 0 Å².